The summed E-state index contributed by atoms with van der Waals surface area (Å²) in [5, 5.41) is 21.0. The van der Waals surface area contributed by atoms with Crippen molar-refractivity contribution >= 4 is 5.91 Å². The number of rotatable bonds is 6. The lowest BCUT2D eigenvalue weighted by Gasteiger charge is -2.17. The van der Waals surface area contributed by atoms with Crippen molar-refractivity contribution in [3.05, 3.63) is 35.4 Å². The van der Waals surface area contributed by atoms with E-state index in [9.17, 15) is 4.79 Å². The maximum Gasteiger partial charge on any atom is 0.223 e. The van der Waals surface area contributed by atoms with Crippen molar-refractivity contribution in [3.63, 3.8) is 0 Å². The van der Waals surface area contributed by atoms with E-state index in [1.165, 1.54) is 25.7 Å². The van der Waals surface area contributed by atoms with Crippen molar-refractivity contribution in [2.75, 3.05) is 13.2 Å². The Morgan fingerprint density at radius 3 is 2.52 bits per heavy atom. The maximum atomic E-state index is 11.6. The van der Waals surface area contributed by atoms with Crippen molar-refractivity contribution in [2.45, 2.75) is 50.9 Å². The lowest BCUT2D eigenvalue weighted by atomic mass is 9.94. The molecular weight excluding hydrogens is 288 g/mol. The summed E-state index contributed by atoms with van der Waals surface area (Å²) >= 11 is 0. The highest BCUT2D eigenvalue weighted by Crippen LogP contribution is 2.29. The lowest BCUT2D eigenvalue weighted by Crippen LogP contribution is -2.30. The predicted molar refractivity (Wildman–Crippen MR) is 89.8 cm³/mol. The third kappa shape index (κ3) is 6.03. The van der Waals surface area contributed by atoms with Crippen LogP contribution in [0.1, 0.15) is 62.0 Å². The van der Waals surface area contributed by atoms with Gasteiger partial charge >= 0.3 is 0 Å². The average Bonchev–Trinajstić information content (AvgIpc) is 3.34. The van der Waals surface area contributed by atoms with Crippen LogP contribution in [0.5, 0.6) is 0 Å². The molecule has 0 spiro atoms. The first-order chi connectivity index (χ1) is 11.2. The Morgan fingerprint density at radius 2 is 2.00 bits per heavy atom. The molecule has 1 atom stereocenters. The Kier molecular flexibility index (Phi) is 7.09. The van der Waals surface area contributed by atoms with Crippen LogP contribution in [0.25, 0.3) is 0 Å². The van der Waals surface area contributed by atoms with Gasteiger partial charge in [0.2, 0.25) is 5.91 Å². The molecule has 0 saturated heterocycles. The highest BCUT2D eigenvalue weighted by molar-refractivity contribution is 5.80. The van der Waals surface area contributed by atoms with Crippen molar-refractivity contribution in [2.24, 2.45) is 5.92 Å². The Balaban J connectivity index is 0.000000417. The number of benzene rings is 1. The highest BCUT2D eigenvalue weighted by atomic mass is 16.3. The molecule has 2 aliphatic carbocycles. The fourth-order valence-electron chi connectivity index (χ4n) is 2.37. The van der Waals surface area contributed by atoms with Gasteiger partial charge in [0, 0.05) is 25.0 Å². The summed E-state index contributed by atoms with van der Waals surface area (Å²) in [5.74, 6) is 0.362. The van der Waals surface area contributed by atoms with Gasteiger partial charge in [-0.1, -0.05) is 37.8 Å². The third-order valence-corrected chi connectivity index (χ3v) is 4.44. The summed E-state index contributed by atoms with van der Waals surface area (Å²) in [6.07, 6.45) is 8.56. The Hall–Kier alpha value is -1.86. The molecule has 1 unspecified atom stereocenters. The SMILES string of the molecule is C1CCC1.N#Cc1cccc(C(CCO)CNC(=O)C2CC2)c1. The number of nitriles is 1. The minimum absolute atomic E-state index is 0.0565. The van der Waals surface area contributed by atoms with Gasteiger partial charge in [-0.2, -0.15) is 5.26 Å². The van der Waals surface area contributed by atoms with E-state index in [2.05, 4.69) is 11.4 Å². The zero-order valence-electron chi connectivity index (χ0n) is 13.6. The fourth-order valence-corrected chi connectivity index (χ4v) is 2.37. The molecule has 0 bridgehead atoms. The fraction of sp³-hybridized carbons (Fsp3) is 0.579. The summed E-state index contributed by atoms with van der Waals surface area (Å²) in [6, 6.07) is 9.45. The van der Waals surface area contributed by atoms with Gasteiger partial charge in [0.15, 0.2) is 0 Å². The summed E-state index contributed by atoms with van der Waals surface area (Å²) in [6.45, 7) is 0.589. The van der Waals surface area contributed by atoms with Crippen LogP contribution < -0.4 is 5.32 Å². The number of nitrogens with zero attached hydrogens (tertiary/aromatic N) is 1. The van der Waals surface area contributed by atoms with E-state index in [0.29, 0.717) is 18.5 Å². The van der Waals surface area contributed by atoms with E-state index < -0.39 is 0 Å². The second-order valence-electron chi connectivity index (χ2n) is 6.38. The number of aliphatic hydroxyl groups excluding tert-OH is 1. The van der Waals surface area contributed by atoms with Crippen molar-refractivity contribution < 1.29 is 9.90 Å². The van der Waals surface area contributed by atoms with Gasteiger partial charge in [-0.3, -0.25) is 4.79 Å². The summed E-state index contributed by atoms with van der Waals surface area (Å²) in [7, 11) is 0. The molecule has 4 heteroatoms. The number of hydrogen-bond donors (Lipinski definition) is 2. The molecule has 23 heavy (non-hydrogen) atoms. The maximum absolute atomic E-state index is 11.6. The molecule has 0 heterocycles. The molecule has 1 aromatic carbocycles. The lowest BCUT2D eigenvalue weighted by molar-refractivity contribution is -0.122. The zero-order valence-corrected chi connectivity index (χ0v) is 13.6. The molecule has 2 fully saturated rings. The van der Waals surface area contributed by atoms with Gasteiger partial charge in [0.05, 0.1) is 11.6 Å². The topological polar surface area (TPSA) is 73.1 Å². The van der Waals surface area contributed by atoms with E-state index in [0.717, 1.165) is 18.4 Å². The van der Waals surface area contributed by atoms with Crippen LogP contribution in [0.3, 0.4) is 0 Å². The van der Waals surface area contributed by atoms with Crippen LogP contribution in [-0.2, 0) is 4.79 Å². The summed E-state index contributed by atoms with van der Waals surface area (Å²) in [4.78, 5) is 11.6. The number of hydrogen-bond acceptors (Lipinski definition) is 3. The van der Waals surface area contributed by atoms with Gasteiger partial charge in [0.25, 0.3) is 0 Å². The van der Waals surface area contributed by atoms with Gasteiger partial charge in [0.1, 0.15) is 0 Å². The second kappa shape index (κ2) is 9.32. The molecule has 0 radical (unpaired) electrons. The molecular formula is C19H26N2O2. The molecule has 3 rings (SSSR count). The Morgan fingerprint density at radius 1 is 1.30 bits per heavy atom. The van der Waals surface area contributed by atoms with Crippen LogP contribution in [0.15, 0.2) is 24.3 Å². The first-order valence-corrected chi connectivity index (χ1v) is 8.63. The first-order valence-electron chi connectivity index (χ1n) is 8.63. The highest BCUT2D eigenvalue weighted by Gasteiger charge is 2.29. The van der Waals surface area contributed by atoms with Gasteiger partial charge < -0.3 is 10.4 Å². The van der Waals surface area contributed by atoms with E-state index in [-0.39, 0.29) is 24.3 Å². The van der Waals surface area contributed by atoms with Gasteiger partial charge in [-0.05, 0) is 37.0 Å². The monoisotopic (exact) mass is 314 g/mol. The number of nitrogens with one attached hydrogen (secondary N) is 1. The Labute approximate surface area is 138 Å². The third-order valence-electron chi connectivity index (χ3n) is 4.44. The molecule has 2 N–H and O–H groups in total. The van der Waals surface area contributed by atoms with E-state index in [4.69, 9.17) is 10.4 Å². The molecule has 124 valence electrons. The van der Waals surface area contributed by atoms with Gasteiger partial charge in [-0.25, -0.2) is 0 Å². The first kappa shape index (κ1) is 17.5. The van der Waals surface area contributed by atoms with Crippen LogP contribution in [0, 0.1) is 17.2 Å². The molecule has 2 saturated carbocycles. The van der Waals surface area contributed by atoms with Crippen molar-refractivity contribution in [1.82, 2.24) is 5.32 Å². The minimum Gasteiger partial charge on any atom is -0.396 e. The molecule has 0 aliphatic heterocycles. The zero-order chi connectivity index (χ0) is 16.5. The van der Waals surface area contributed by atoms with E-state index in [1.807, 2.05) is 18.2 Å². The second-order valence-corrected chi connectivity index (χ2v) is 6.38. The van der Waals surface area contributed by atoms with Crippen molar-refractivity contribution in [1.29, 1.82) is 5.26 Å². The average molecular weight is 314 g/mol. The van der Waals surface area contributed by atoms with Crippen LogP contribution >= 0.6 is 0 Å². The largest absolute Gasteiger partial charge is 0.396 e. The predicted octanol–water partition coefficient (Wildman–Crippen LogP) is 3.11. The quantitative estimate of drug-likeness (QED) is 0.847. The smallest absolute Gasteiger partial charge is 0.223 e. The molecule has 1 aromatic rings. The number of carbonyl (C=O) groups is 1. The minimum atomic E-state index is 0.0565. The molecule has 4 nitrogen and oxygen atoms in total. The molecule has 0 aromatic heterocycles. The van der Waals surface area contributed by atoms with Crippen LogP contribution in [0.4, 0.5) is 0 Å². The number of aliphatic hydroxyl groups is 1. The van der Waals surface area contributed by atoms with Crippen molar-refractivity contribution in [3.8, 4) is 6.07 Å². The standard InChI is InChI=1S/C15H18N2O2.C4H8/c16-9-11-2-1-3-13(8-11)14(6-7-18)10-17-15(19)12-4-5-12;1-2-4-3-1/h1-3,8,12,14,18H,4-7,10H2,(H,17,19);1-4H2. The normalized spacial score (nSPS) is 17.0. The van der Waals surface area contributed by atoms with E-state index in [1.54, 1.807) is 6.07 Å². The Bertz CT molecular complexity index is 539. The summed E-state index contributed by atoms with van der Waals surface area (Å²) < 4.78 is 0. The number of amides is 1. The summed E-state index contributed by atoms with van der Waals surface area (Å²) in [5.41, 5.74) is 1.60. The van der Waals surface area contributed by atoms with Gasteiger partial charge in [-0.15, -0.1) is 0 Å². The van der Waals surface area contributed by atoms with Crippen LogP contribution in [0.2, 0.25) is 0 Å². The molecule has 2 aliphatic rings. The number of carbonyl (C=O) groups excluding carboxylic acids is 1. The van der Waals surface area contributed by atoms with Crippen LogP contribution in [-0.4, -0.2) is 24.2 Å². The molecule has 1 amide bonds. The van der Waals surface area contributed by atoms with E-state index >= 15 is 0 Å².